The van der Waals surface area contributed by atoms with Gasteiger partial charge in [0, 0.05) is 106 Å². The van der Waals surface area contributed by atoms with Crippen molar-refractivity contribution in [3.05, 3.63) is 76.7 Å². The number of nitrogens with zero attached hydrogens (tertiary/aromatic N) is 8. The lowest BCUT2D eigenvalue weighted by Crippen LogP contribution is -2.48. The number of alkyl halides is 2. The Morgan fingerprint density at radius 2 is 1.69 bits per heavy atom. The third-order valence-corrected chi connectivity index (χ3v) is 12.0. The highest BCUT2D eigenvalue weighted by Crippen LogP contribution is 2.44. The van der Waals surface area contributed by atoms with E-state index in [4.69, 9.17) is 9.84 Å². The number of hydrogen-bond acceptors (Lipinski definition) is 8. The SMILES string of the molecule is CCOC(=O)c1ccc(N2CCC(N3CCC(n4nc(N5CCCc6cc(-c7cnn(C)c7)c(C(F)F)cc65)c5c4CCN(C(C)=O)C5)CC3)CC2)cc1. The number of esters is 1. The molecule has 1 amide bonds. The number of hydrogen-bond donors (Lipinski definition) is 0. The molecule has 0 aliphatic carbocycles. The topological polar surface area (TPSA) is 92.0 Å². The molecular weight excluding hydrogens is 690 g/mol. The Hall–Kier alpha value is -4.78. The highest BCUT2D eigenvalue weighted by atomic mass is 19.3. The van der Waals surface area contributed by atoms with E-state index in [9.17, 15) is 18.4 Å². The number of piperidine rings is 2. The van der Waals surface area contributed by atoms with Crippen LogP contribution in [0.15, 0.2) is 48.8 Å². The van der Waals surface area contributed by atoms with Crippen LogP contribution in [-0.2, 0) is 36.0 Å². The number of aromatic nitrogens is 4. The lowest BCUT2D eigenvalue weighted by Gasteiger charge is -2.42. The van der Waals surface area contributed by atoms with Crippen molar-refractivity contribution in [1.82, 2.24) is 29.4 Å². The Morgan fingerprint density at radius 3 is 2.35 bits per heavy atom. The minimum absolute atomic E-state index is 0.00239. The van der Waals surface area contributed by atoms with Gasteiger partial charge in [-0.15, -0.1) is 0 Å². The summed E-state index contributed by atoms with van der Waals surface area (Å²) in [5.74, 6) is 0.552. The summed E-state index contributed by atoms with van der Waals surface area (Å²) in [6.45, 7) is 9.53. The molecule has 0 radical (unpaired) electrons. The zero-order valence-corrected chi connectivity index (χ0v) is 31.5. The number of aryl methyl sites for hydroxylation is 2. The first-order chi connectivity index (χ1) is 26.2. The number of anilines is 3. The maximum Gasteiger partial charge on any atom is 0.338 e. The second kappa shape index (κ2) is 15.2. The standard InChI is InChI=1S/C41H50F2N8O3/c1-4-54-41(53)28-7-9-31(10-8-28)47-17-11-32(12-18-47)48-19-13-33(14-20-48)51-37-15-21-49(27(2)52)26-36(37)40(45-51)50-16-5-6-29-22-34(30-24-44-46(3)25-30)35(39(42)43)23-38(29)50/h7-10,22-25,32-33,39H,4-6,11-21,26H2,1-3H3. The molecule has 2 saturated heterocycles. The molecule has 13 heteroatoms. The van der Waals surface area contributed by atoms with Crippen LogP contribution >= 0.6 is 0 Å². The van der Waals surface area contributed by atoms with Crippen molar-refractivity contribution >= 4 is 29.1 Å². The zero-order chi connectivity index (χ0) is 37.5. The predicted octanol–water partition coefficient (Wildman–Crippen LogP) is 6.69. The number of halogens is 2. The van der Waals surface area contributed by atoms with Crippen molar-refractivity contribution in [3.8, 4) is 11.1 Å². The summed E-state index contributed by atoms with van der Waals surface area (Å²) in [5, 5.41) is 9.59. The van der Waals surface area contributed by atoms with Gasteiger partial charge < -0.3 is 24.3 Å². The maximum atomic E-state index is 14.7. The van der Waals surface area contributed by atoms with E-state index >= 15 is 0 Å². The Bertz CT molecular complexity index is 1990. The van der Waals surface area contributed by atoms with Crippen LogP contribution in [0, 0.1) is 0 Å². The molecule has 0 unspecified atom stereocenters. The number of fused-ring (bicyclic) bond motifs is 2. The van der Waals surface area contributed by atoms with Crippen LogP contribution in [0.4, 0.5) is 26.0 Å². The molecule has 6 heterocycles. The second-order valence-electron chi connectivity index (χ2n) is 15.2. The number of carbonyl (C=O) groups is 2. The summed E-state index contributed by atoms with van der Waals surface area (Å²) in [4.78, 5) is 33.8. The molecule has 54 heavy (non-hydrogen) atoms. The summed E-state index contributed by atoms with van der Waals surface area (Å²) in [7, 11) is 1.79. The van der Waals surface area contributed by atoms with Gasteiger partial charge in [0.25, 0.3) is 6.43 Å². The Kier molecular flexibility index (Phi) is 10.2. The van der Waals surface area contributed by atoms with Crippen molar-refractivity contribution in [2.75, 3.05) is 55.7 Å². The number of benzene rings is 2. The van der Waals surface area contributed by atoms with E-state index < -0.39 is 6.43 Å². The van der Waals surface area contributed by atoms with Crippen LogP contribution in [0.1, 0.15) is 91.2 Å². The molecule has 4 aliphatic heterocycles. The largest absolute Gasteiger partial charge is 0.462 e. The molecule has 2 fully saturated rings. The summed E-state index contributed by atoms with van der Waals surface area (Å²) >= 11 is 0. The Balaban J connectivity index is 0.996. The molecule has 2 aromatic heterocycles. The van der Waals surface area contributed by atoms with E-state index in [1.165, 1.54) is 5.69 Å². The first-order valence-electron chi connectivity index (χ1n) is 19.5. The van der Waals surface area contributed by atoms with Crippen LogP contribution in [0.3, 0.4) is 0 Å². The van der Waals surface area contributed by atoms with Gasteiger partial charge in [0.1, 0.15) is 0 Å². The van der Waals surface area contributed by atoms with Gasteiger partial charge in [0.15, 0.2) is 5.82 Å². The molecule has 0 atom stereocenters. The first kappa shape index (κ1) is 36.2. The summed E-state index contributed by atoms with van der Waals surface area (Å²) in [6, 6.07) is 12.1. The number of likely N-dealkylation sites (tertiary alicyclic amines) is 1. The van der Waals surface area contributed by atoms with Crippen molar-refractivity contribution in [2.24, 2.45) is 7.05 Å². The van der Waals surface area contributed by atoms with E-state index in [1.807, 2.05) is 42.2 Å². The first-order valence-corrected chi connectivity index (χ1v) is 19.5. The van der Waals surface area contributed by atoms with Gasteiger partial charge in [-0.3, -0.25) is 14.2 Å². The Morgan fingerprint density at radius 1 is 0.944 bits per heavy atom. The average Bonchev–Trinajstić information content (AvgIpc) is 3.80. The number of amides is 1. The van der Waals surface area contributed by atoms with E-state index in [-0.39, 0.29) is 23.5 Å². The third-order valence-electron chi connectivity index (χ3n) is 12.0. The van der Waals surface area contributed by atoms with Crippen LogP contribution in [-0.4, -0.2) is 93.2 Å². The van der Waals surface area contributed by atoms with Crippen molar-refractivity contribution in [2.45, 2.75) is 83.8 Å². The second-order valence-corrected chi connectivity index (χ2v) is 15.2. The Labute approximate surface area is 315 Å². The van der Waals surface area contributed by atoms with Crippen LogP contribution in [0.5, 0.6) is 0 Å². The molecule has 4 aromatic rings. The number of ether oxygens (including phenoxy) is 1. The van der Waals surface area contributed by atoms with E-state index in [2.05, 4.69) is 24.5 Å². The normalized spacial score (nSPS) is 18.6. The van der Waals surface area contributed by atoms with E-state index in [1.54, 1.807) is 37.1 Å². The van der Waals surface area contributed by atoms with Gasteiger partial charge in [-0.25, -0.2) is 13.6 Å². The molecule has 11 nitrogen and oxygen atoms in total. The predicted molar refractivity (Wildman–Crippen MR) is 203 cm³/mol. The van der Waals surface area contributed by atoms with E-state index in [0.29, 0.717) is 49.0 Å². The highest BCUT2D eigenvalue weighted by Gasteiger charge is 2.36. The fraction of sp³-hybridized carbons (Fsp3) is 0.512. The monoisotopic (exact) mass is 740 g/mol. The van der Waals surface area contributed by atoms with Gasteiger partial charge in [0.2, 0.25) is 5.91 Å². The zero-order valence-electron chi connectivity index (χ0n) is 31.5. The van der Waals surface area contributed by atoms with Gasteiger partial charge >= 0.3 is 5.97 Å². The average molecular weight is 741 g/mol. The molecule has 8 rings (SSSR count). The molecule has 2 aromatic carbocycles. The fourth-order valence-corrected chi connectivity index (χ4v) is 9.08. The third kappa shape index (κ3) is 6.98. The number of carbonyl (C=O) groups excluding carboxylic acids is 2. The van der Waals surface area contributed by atoms with Gasteiger partial charge in [0.05, 0.1) is 31.0 Å². The summed E-state index contributed by atoms with van der Waals surface area (Å²) in [6.07, 6.45) is 7.33. The van der Waals surface area contributed by atoms with Crippen LogP contribution in [0.25, 0.3) is 11.1 Å². The van der Waals surface area contributed by atoms with Crippen LogP contribution in [0.2, 0.25) is 0 Å². The highest BCUT2D eigenvalue weighted by molar-refractivity contribution is 5.89. The van der Waals surface area contributed by atoms with Crippen molar-refractivity contribution < 1.29 is 23.1 Å². The van der Waals surface area contributed by atoms with E-state index in [0.717, 1.165) is 99.4 Å². The minimum Gasteiger partial charge on any atom is -0.462 e. The quantitative estimate of drug-likeness (QED) is 0.185. The molecule has 286 valence electrons. The maximum absolute atomic E-state index is 14.7. The molecule has 0 spiro atoms. The molecule has 0 N–H and O–H groups in total. The fourth-order valence-electron chi connectivity index (χ4n) is 9.08. The lowest BCUT2D eigenvalue weighted by molar-refractivity contribution is -0.129. The lowest BCUT2D eigenvalue weighted by atomic mass is 9.92. The minimum atomic E-state index is -2.64. The molecule has 0 saturated carbocycles. The summed E-state index contributed by atoms with van der Waals surface area (Å²) < 4.78 is 38.4. The summed E-state index contributed by atoms with van der Waals surface area (Å²) in [5.41, 5.74) is 6.96. The molecular formula is C41H50F2N8O3. The molecule has 0 bridgehead atoms. The molecule has 4 aliphatic rings. The van der Waals surface area contributed by atoms with Crippen LogP contribution < -0.4 is 9.80 Å². The van der Waals surface area contributed by atoms with Gasteiger partial charge in [-0.05, 0) is 93.0 Å². The smallest absolute Gasteiger partial charge is 0.338 e. The number of rotatable bonds is 8. The van der Waals surface area contributed by atoms with Gasteiger partial charge in [-0.2, -0.15) is 10.2 Å². The van der Waals surface area contributed by atoms with Crippen molar-refractivity contribution in [3.63, 3.8) is 0 Å². The van der Waals surface area contributed by atoms with Gasteiger partial charge in [-0.1, -0.05) is 0 Å². The van der Waals surface area contributed by atoms with Crippen molar-refractivity contribution in [1.29, 1.82) is 0 Å².